The van der Waals surface area contributed by atoms with Gasteiger partial charge in [-0.05, 0) is 44.9 Å². The molecular formula is C54H47N9O9S3. The number of aliphatic hydroxyl groups excluding tert-OH is 1. The van der Waals surface area contributed by atoms with E-state index in [0.29, 0.717) is 21.8 Å². The fraction of sp³-hybridized carbons (Fsp3) is 0.167. The second kappa shape index (κ2) is 23.7. The molecule has 75 heavy (non-hydrogen) atoms. The van der Waals surface area contributed by atoms with Crippen molar-refractivity contribution in [2.45, 2.75) is 34.8 Å². The fourth-order valence-electron chi connectivity index (χ4n) is 8.61. The molecule has 0 bridgehead atoms. The van der Waals surface area contributed by atoms with Gasteiger partial charge in [-0.15, -0.1) is 28.2 Å². The molecule has 2 aliphatic heterocycles. The first kappa shape index (κ1) is 51.5. The third-order valence-corrected chi connectivity index (χ3v) is 14.9. The minimum absolute atomic E-state index is 0.0588. The fourth-order valence-corrected chi connectivity index (χ4v) is 11.4. The number of rotatable bonds is 20. The van der Waals surface area contributed by atoms with Crippen molar-refractivity contribution >= 4 is 69.4 Å². The summed E-state index contributed by atoms with van der Waals surface area (Å²) < 4.78 is 7.19. The van der Waals surface area contributed by atoms with E-state index < -0.39 is 64.4 Å². The summed E-state index contributed by atoms with van der Waals surface area (Å²) in [4.78, 5) is 92.6. The number of thioether (sulfide) groups is 2. The van der Waals surface area contributed by atoms with Crippen molar-refractivity contribution in [3.05, 3.63) is 234 Å². The summed E-state index contributed by atoms with van der Waals surface area (Å²) in [5, 5.41) is 31.1. The zero-order valence-corrected chi connectivity index (χ0v) is 42.3. The van der Waals surface area contributed by atoms with E-state index in [1.54, 1.807) is 11.5 Å². The van der Waals surface area contributed by atoms with Crippen LogP contribution in [0.5, 0.6) is 0 Å². The zero-order valence-electron chi connectivity index (χ0n) is 39.9. The minimum Gasteiger partial charge on any atom is -0.448 e. The zero-order chi connectivity index (χ0) is 52.3. The molecule has 0 aliphatic carbocycles. The average Bonchev–Trinajstić information content (AvgIpc) is 3.92. The monoisotopic (exact) mass is 1060 g/mol. The van der Waals surface area contributed by atoms with Crippen molar-refractivity contribution in [3.63, 3.8) is 0 Å². The maximum absolute atomic E-state index is 14.7. The second-order valence-electron chi connectivity index (χ2n) is 16.7. The summed E-state index contributed by atoms with van der Waals surface area (Å²) in [7, 11) is 1.30. The summed E-state index contributed by atoms with van der Waals surface area (Å²) in [5.41, 5.74) is 1.44. The lowest BCUT2D eigenvalue weighted by atomic mass is 9.77. The van der Waals surface area contributed by atoms with Gasteiger partial charge >= 0.3 is 17.1 Å². The number of ether oxygens (including phenoxy) is 1. The molecule has 3 amide bonds. The molecule has 2 unspecified atom stereocenters. The van der Waals surface area contributed by atoms with E-state index in [2.05, 4.69) is 31.3 Å². The number of esters is 1. The molecule has 1 fully saturated rings. The van der Waals surface area contributed by atoms with Gasteiger partial charge in [0.05, 0.1) is 6.61 Å². The molecule has 18 nitrogen and oxygen atoms in total. The Kier molecular flexibility index (Phi) is 16.3. The lowest BCUT2D eigenvalue weighted by Gasteiger charge is -2.49. The number of aliphatic hydroxyl groups is 1. The molecule has 2 aliphatic rings. The highest BCUT2D eigenvalue weighted by atomic mass is 32.2. The van der Waals surface area contributed by atoms with Crippen molar-refractivity contribution in [2.75, 3.05) is 31.3 Å². The largest absolute Gasteiger partial charge is 0.448 e. The topological polar surface area (TPSA) is 239 Å². The molecule has 7 aromatic rings. The summed E-state index contributed by atoms with van der Waals surface area (Å²) in [6.07, 6.45) is 0.670. The van der Waals surface area contributed by atoms with Crippen molar-refractivity contribution in [3.8, 4) is 0 Å². The molecule has 0 spiro atoms. The number of nitrogens with one attached hydrogen (secondary N) is 4. The Balaban J connectivity index is 1.00. The van der Waals surface area contributed by atoms with Gasteiger partial charge in [-0.3, -0.25) is 33.4 Å². The number of carbonyl (C=O) groups excluding carboxylic acids is 4. The average molecular weight is 1060 g/mol. The number of aromatic amines is 1. The first-order valence-corrected chi connectivity index (χ1v) is 26.1. The first-order valence-electron chi connectivity index (χ1n) is 23.3. The molecule has 2 atom stereocenters. The number of oxime groups is 1. The Labute approximate surface area is 441 Å². The van der Waals surface area contributed by atoms with E-state index in [9.17, 15) is 28.8 Å². The van der Waals surface area contributed by atoms with Crippen LogP contribution in [0.25, 0.3) is 0 Å². The normalized spacial score (nSPS) is 15.5. The van der Waals surface area contributed by atoms with E-state index >= 15 is 0 Å². The van der Waals surface area contributed by atoms with Crippen molar-refractivity contribution in [2.24, 2.45) is 5.16 Å². The standard InChI is InChI=1S/C54H47N9O9S3/c1-71-61-42(40-33-75-52(56-40)58-54(37-21-11-4-12-22-37,38-23-13-5-14-24-38)39-25-15-6-16-26-39)46(66)57-43-48(68)63-44(51(70)72-45(34-17-7-2-8-18-34)35-19-9-3-10-20-35)36(32-74-50(43)63)27-30-73-53-60-59-47(67)49(69)62(53)31-41(65)55-28-29-64/h2-27,30,33,43,45,50,64H,28-29,31-32H2,1H3,(H,55,65)(H,56,58)(H,57,66)(H,59,67)/b30-27+,61-42+. The summed E-state index contributed by atoms with van der Waals surface area (Å²) in [6, 6.07) is 47.0. The molecule has 9 rings (SSSR count). The van der Waals surface area contributed by atoms with Crippen LogP contribution in [0.1, 0.15) is 39.6 Å². The van der Waals surface area contributed by atoms with Gasteiger partial charge in [-0.1, -0.05) is 169 Å². The Bertz CT molecular complexity index is 3260. The number of hydrogen-bond acceptors (Lipinski definition) is 16. The second-order valence-corrected chi connectivity index (χ2v) is 19.5. The van der Waals surface area contributed by atoms with E-state index in [4.69, 9.17) is 19.7 Å². The van der Waals surface area contributed by atoms with Gasteiger partial charge < -0.3 is 30.6 Å². The molecule has 1 saturated heterocycles. The maximum atomic E-state index is 14.7. The van der Waals surface area contributed by atoms with E-state index in [1.165, 1.54) is 40.5 Å². The van der Waals surface area contributed by atoms with Gasteiger partial charge in [0, 0.05) is 17.7 Å². The number of thiazole rings is 1. The molecule has 0 radical (unpaired) electrons. The first-order chi connectivity index (χ1) is 36.6. The van der Waals surface area contributed by atoms with Gasteiger partial charge in [0.15, 0.2) is 22.1 Å². The third kappa shape index (κ3) is 11.1. The number of aromatic nitrogens is 4. The molecule has 380 valence electrons. The van der Waals surface area contributed by atoms with Crippen molar-refractivity contribution < 1.29 is 33.9 Å². The van der Waals surface area contributed by atoms with Crippen LogP contribution in [-0.2, 0) is 40.8 Å². The molecule has 21 heteroatoms. The number of anilines is 1. The number of nitrogens with zero attached hydrogens (tertiary/aromatic N) is 5. The third-order valence-electron chi connectivity index (χ3n) is 12.1. The lowest BCUT2D eigenvalue weighted by molar-refractivity contribution is -0.154. The lowest BCUT2D eigenvalue weighted by Crippen LogP contribution is -2.71. The molecule has 4 heterocycles. The van der Waals surface area contributed by atoms with Crippen LogP contribution in [0.3, 0.4) is 0 Å². The van der Waals surface area contributed by atoms with Crippen LogP contribution in [0.2, 0.25) is 0 Å². The van der Waals surface area contributed by atoms with Gasteiger partial charge in [0.2, 0.25) is 5.91 Å². The Morgan fingerprint density at radius 1 is 0.867 bits per heavy atom. The number of H-pyrrole nitrogens is 1. The number of fused-ring (bicyclic) bond motifs is 1. The molecular weight excluding hydrogens is 1010 g/mol. The highest BCUT2D eigenvalue weighted by Gasteiger charge is 2.55. The van der Waals surface area contributed by atoms with E-state index in [1.807, 2.05) is 152 Å². The quantitative estimate of drug-likeness (QED) is 0.0120. The van der Waals surface area contributed by atoms with Gasteiger partial charge in [-0.2, -0.15) is 0 Å². The van der Waals surface area contributed by atoms with Crippen LogP contribution >= 0.6 is 34.9 Å². The highest BCUT2D eigenvalue weighted by Crippen LogP contribution is 2.43. The Hall–Kier alpha value is -8.37. The SMILES string of the molecule is CO/N=C(/C(=O)NC1C(=O)N2C(C(=O)OC(c3ccccc3)c3ccccc3)=C(/C=C/Sc3n[nH]c(=O)c(=O)n3CC(=O)NCCO)CSC12)c1csc(NC(c2ccccc2)(c2ccccc2)c2ccccc2)n1. The van der Waals surface area contributed by atoms with Crippen LogP contribution in [0, 0.1) is 0 Å². The van der Waals surface area contributed by atoms with Crippen LogP contribution in [-0.4, -0.2) is 96.6 Å². The molecule has 0 saturated carbocycles. The molecule has 2 aromatic heterocycles. The summed E-state index contributed by atoms with van der Waals surface area (Å²) >= 11 is 3.41. The predicted molar refractivity (Wildman–Crippen MR) is 286 cm³/mol. The molecule has 5 N–H and O–H groups in total. The number of hydrogen-bond donors (Lipinski definition) is 5. The smallest absolute Gasteiger partial charge is 0.356 e. The minimum atomic E-state index is -1.12. The van der Waals surface area contributed by atoms with Crippen LogP contribution in [0.15, 0.2) is 200 Å². The van der Waals surface area contributed by atoms with E-state index in [-0.39, 0.29) is 41.2 Å². The van der Waals surface area contributed by atoms with Crippen molar-refractivity contribution in [1.29, 1.82) is 0 Å². The number of allylic oxidation sites excluding steroid dienone is 1. The maximum Gasteiger partial charge on any atom is 0.356 e. The molecule has 5 aromatic carbocycles. The Morgan fingerprint density at radius 3 is 2.00 bits per heavy atom. The number of amides is 3. The number of carbonyl (C=O) groups is 4. The van der Waals surface area contributed by atoms with Crippen molar-refractivity contribution in [1.82, 2.24) is 35.3 Å². The predicted octanol–water partition coefficient (Wildman–Crippen LogP) is 5.54. The summed E-state index contributed by atoms with van der Waals surface area (Å²) in [5.74, 6) is -2.69. The summed E-state index contributed by atoms with van der Waals surface area (Å²) in [6.45, 7) is -0.965. The van der Waals surface area contributed by atoms with Gasteiger partial charge in [0.1, 0.15) is 42.0 Å². The highest BCUT2D eigenvalue weighted by molar-refractivity contribution is 8.02. The number of β-lactam (4-membered cyclic amide) rings is 1. The van der Waals surface area contributed by atoms with Crippen LogP contribution in [0.4, 0.5) is 5.13 Å². The van der Waals surface area contributed by atoms with E-state index in [0.717, 1.165) is 33.0 Å². The van der Waals surface area contributed by atoms with Gasteiger partial charge in [-0.25, -0.2) is 14.9 Å². The van der Waals surface area contributed by atoms with Gasteiger partial charge in [0.25, 0.3) is 11.8 Å². The number of benzene rings is 5. The van der Waals surface area contributed by atoms with Crippen LogP contribution < -0.4 is 27.1 Å². The Morgan fingerprint density at radius 2 is 1.44 bits per heavy atom.